The lowest BCUT2D eigenvalue weighted by Gasteiger charge is -2.11. The summed E-state index contributed by atoms with van der Waals surface area (Å²) < 4.78 is 0. The third kappa shape index (κ3) is 1.77. The number of thiazole rings is 1. The Morgan fingerprint density at radius 2 is 2.64 bits per heavy atom. The number of anilines is 1. The molecule has 0 aromatic carbocycles. The Morgan fingerprint density at radius 1 is 1.91 bits per heavy atom. The van der Waals surface area contributed by atoms with Crippen LogP contribution in [0.4, 0.5) is 5.13 Å². The van der Waals surface area contributed by atoms with Crippen molar-refractivity contribution in [1.29, 1.82) is 0 Å². The van der Waals surface area contributed by atoms with Crippen LogP contribution in [0.25, 0.3) is 0 Å². The molecule has 3 nitrogen and oxygen atoms in total. The predicted octanol–water partition coefficient (Wildman–Crippen LogP) is 1.32. The lowest BCUT2D eigenvalue weighted by molar-refractivity contribution is -0.118. The van der Waals surface area contributed by atoms with E-state index in [1.54, 1.807) is 17.3 Å². The van der Waals surface area contributed by atoms with Crippen molar-refractivity contribution < 1.29 is 4.79 Å². The van der Waals surface area contributed by atoms with E-state index in [4.69, 9.17) is 0 Å². The van der Waals surface area contributed by atoms with Crippen LogP contribution in [0.1, 0.15) is 13.3 Å². The first kappa shape index (κ1) is 8.20. The molecule has 59 valence electrons. The van der Waals surface area contributed by atoms with Crippen LogP contribution in [0, 0.1) is 6.20 Å². The molecule has 0 aliphatic rings. The molecule has 0 spiro atoms. The van der Waals surface area contributed by atoms with Gasteiger partial charge in [-0.1, -0.05) is 6.92 Å². The number of nitrogens with zero attached hydrogens (tertiary/aromatic N) is 2. The normalized spacial score (nSPS) is 9.64. The molecule has 1 rings (SSSR count). The maximum absolute atomic E-state index is 11.1. The Kier molecular flexibility index (Phi) is 2.59. The second-order valence-electron chi connectivity index (χ2n) is 2.07. The van der Waals surface area contributed by atoms with E-state index in [2.05, 4.69) is 11.2 Å². The van der Waals surface area contributed by atoms with Gasteiger partial charge in [-0.2, -0.15) is 0 Å². The molecule has 0 atom stereocenters. The van der Waals surface area contributed by atoms with E-state index in [0.29, 0.717) is 11.6 Å². The molecule has 1 amide bonds. The smallest absolute Gasteiger partial charge is 0.228 e. The minimum Gasteiger partial charge on any atom is -0.291 e. The fourth-order valence-electron chi connectivity index (χ4n) is 0.685. The first-order chi connectivity index (χ1) is 5.25. The first-order valence-corrected chi connectivity index (χ1v) is 4.21. The molecule has 0 fully saturated rings. The zero-order valence-electron chi connectivity index (χ0n) is 6.50. The molecule has 11 heavy (non-hydrogen) atoms. The van der Waals surface area contributed by atoms with Gasteiger partial charge in [0.05, 0.1) is 0 Å². The number of hydrogen-bond donors (Lipinski definition) is 0. The number of aromatic nitrogens is 1. The van der Waals surface area contributed by atoms with Crippen molar-refractivity contribution in [1.82, 2.24) is 4.98 Å². The van der Waals surface area contributed by atoms with Crippen molar-refractivity contribution in [3.63, 3.8) is 0 Å². The summed E-state index contributed by atoms with van der Waals surface area (Å²) in [5.74, 6) is 0.0772. The molecule has 1 aromatic rings. The van der Waals surface area contributed by atoms with Crippen molar-refractivity contribution in [2.24, 2.45) is 0 Å². The highest BCUT2D eigenvalue weighted by molar-refractivity contribution is 7.13. The fraction of sp³-hybridized carbons (Fsp3) is 0.429. The summed E-state index contributed by atoms with van der Waals surface area (Å²) >= 11 is 1.41. The van der Waals surface area contributed by atoms with Crippen LogP contribution in [-0.2, 0) is 4.79 Å². The molecule has 4 heteroatoms. The number of rotatable bonds is 2. The van der Waals surface area contributed by atoms with E-state index >= 15 is 0 Å². The van der Waals surface area contributed by atoms with E-state index in [1.165, 1.54) is 11.3 Å². The molecular weight excluding hydrogens is 160 g/mol. The maximum atomic E-state index is 11.1. The SMILES string of the molecule is CCC(=O)N(C)c1n[c]cs1. The topological polar surface area (TPSA) is 33.2 Å². The summed E-state index contributed by atoms with van der Waals surface area (Å²) in [5.41, 5.74) is 0. The first-order valence-electron chi connectivity index (χ1n) is 3.33. The number of amides is 1. The van der Waals surface area contributed by atoms with Gasteiger partial charge in [-0.25, -0.2) is 4.98 Å². The van der Waals surface area contributed by atoms with Crippen LogP contribution in [0.3, 0.4) is 0 Å². The highest BCUT2D eigenvalue weighted by Gasteiger charge is 2.09. The van der Waals surface area contributed by atoms with Crippen LogP contribution >= 0.6 is 11.3 Å². The van der Waals surface area contributed by atoms with Gasteiger partial charge in [-0.05, 0) is 0 Å². The van der Waals surface area contributed by atoms with E-state index in [-0.39, 0.29) is 5.91 Å². The highest BCUT2D eigenvalue weighted by Crippen LogP contribution is 2.15. The summed E-state index contributed by atoms with van der Waals surface area (Å²) in [7, 11) is 1.72. The van der Waals surface area contributed by atoms with Crippen LogP contribution in [-0.4, -0.2) is 17.9 Å². The van der Waals surface area contributed by atoms with Crippen LogP contribution in [0.15, 0.2) is 5.38 Å². The van der Waals surface area contributed by atoms with Crippen LogP contribution in [0.5, 0.6) is 0 Å². The second-order valence-corrected chi connectivity index (χ2v) is 2.90. The molecule has 0 aliphatic carbocycles. The van der Waals surface area contributed by atoms with Gasteiger partial charge in [0.1, 0.15) is 6.20 Å². The third-order valence-corrected chi connectivity index (χ3v) is 2.14. The van der Waals surface area contributed by atoms with E-state index in [9.17, 15) is 4.79 Å². The molecule has 1 radical (unpaired) electrons. The van der Waals surface area contributed by atoms with Gasteiger partial charge in [0.25, 0.3) is 0 Å². The van der Waals surface area contributed by atoms with Crippen LogP contribution < -0.4 is 4.90 Å². The zero-order chi connectivity index (χ0) is 8.27. The molecular formula is C7H9N2OS. The quantitative estimate of drug-likeness (QED) is 0.669. The van der Waals surface area contributed by atoms with Gasteiger partial charge in [-0.15, -0.1) is 11.3 Å². The third-order valence-electron chi connectivity index (χ3n) is 1.34. The molecule has 0 N–H and O–H groups in total. The van der Waals surface area contributed by atoms with Gasteiger partial charge >= 0.3 is 0 Å². The Morgan fingerprint density at radius 3 is 3.09 bits per heavy atom. The Labute approximate surface area is 69.7 Å². The van der Waals surface area contributed by atoms with Gasteiger partial charge in [0.2, 0.25) is 5.91 Å². The standard InChI is InChI=1S/C7H9N2OS/c1-3-6(10)9(2)7-8-4-5-11-7/h5H,3H2,1-2H3. The van der Waals surface area contributed by atoms with Crippen molar-refractivity contribution in [2.75, 3.05) is 11.9 Å². The Hall–Kier alpha value is -0.900. The maximum Gasteiger partial charge on any atom is 0.228 e. The fourth-order valence-corrected chi connectivity index (χ4v) is 1.26. The average molecular weight is 169 g/mol. The van der Waals surface area contributed by atoms with Gasteiger partial charge in [-0.3, -0.25) is 9.69 Å². The van der Waals surface area contributed by atoms with Gasteiger partial charge in [0, 0.05) is 18.8 Å². The number of hydrogen-bond acceptors (Lipinski definition) is 3. The van der Waals surface area contributed by atoms with Crippen molar-refractivity contribution in [3.8, 4) is 0 Å². The Bertz CT molecular complexity index is 233. The number of carbonyl (C=O) groups excluding carboxylic acids is 1. The molecule has 1 aromatic heterocycles. The van der Waals surface area contributed by atoms with Crippen molar-refractivity contribution in [3.05, 3.63) is 11.6 Å². The summed E-state index contributed by atoms with van der Waals surface area (Å²) in [4.78, 5) is 16.5. The van der Waals surface area contributed by atoms with Crippen molar-refractivity contribution >= 4 is 22.4 Å². The zero-order valence-corrected chi connectivity index (χ0v) is 7.31. The Balaban J connectivity index is 2.70. The minimum atomic E-state index is 0.0772. The van der Waals surface area contributed by atoms with E-state index in [0.717, 1.165) is 0 Å². The van der Waals surface area contributed by atoms with Crippen molar-refractivity contribution in [2.45, 2.75) is 13.3 Å². The minimum absolute atomic E-state index is 0.0772. The summed E-state index contributed by atoms with van der Waals surface area (Å²) in [5, 5.41) is 2.44. The largest absolute Gasteiger partial charge is 0.291 e. The molecule has 0 bridgehead atoms. The molecule has 0 unspecified atom stereocenters. The summed E-state index contributed by atoms with van der Waals surface area (Å²) in [6, 6.07) is 0. The highest BCUT2D eigenvalue weighted by atomic mass is 32.1. The molecule has 0 saturated heterocycles. The predicted molar refractivity (Wildman–Crippen MR) is 44.7 cm³/mol. The monoisotopic (exact) mass is 169 g/mol. The van der Waals surface area contributed by atoms with E-state index < -0.39 is 0 Å². The molecule has 0 saturated carbocycles. The van der Waals surface area contributed by atoms with E-state index in [1.807, 2.05) is 6.92 Å². The van der Waals surface area contributed by atoms with Crippen LogP contribution in [0.2, 0.25) is 0 Å². The van der Waals surface area contributed by atoms with Gasteiger partial charge < -0.3 is 0 Å². The average Bonchev–Trinajstić information content (AvgIpc) is 2.53. The number of carbonyl (C=O) groups is 1. The lowest BCUT2D eigenvalue weighted by Crippen LogP contribution is -2.24. The summed E-state index contributed by atoms with van der Waals surface area (Å²) in [6.45, 7) is 1.83. The summed E-state index contributed by atoms with van der Waals surface area (Å²) in [6.07, 6.45) is 3.17. The second kappa shape index (κ2) is 3.48. The van der Waals surface area contributed by atoms with Gasteiger partial charge in [0.15, 0.2) is 5.13 Å². The molecule has 0 aliphatic heterocycles. The lowest BCUT2D eigenvalue weighted by atomic mass is 10.4. The molecule has 1 heterocycles.